The molecule has 0 N–H and O–H groups in total. The molecule has 0 fully saturated rings. The number of dihydropyridines is 1. The Balaban J connectivity index is 2.13. The summed E-state index contributed by atoms with van der Waals surface area (Å²) in [6.45, 7) is 7.91. The van der Waals surface area contributed by atoms with Crippen molar-refractivity contribution in [2.75, 3.05) is 6.54 Å². The van der Waals surface area contributed by atoms with E-state index >= 15 is 0 Å². The fourth-order valence-corrected chi connectivity index (χ4v) is 2.97. The molecule has 1 unspecified atom stereocenters. The summed E-state index contributed by atoms with van der Waals surface area (Å²) in [6.07, 6.45) is 0.253. The van der Waals surface area contributed by atoms with Gasteiger partial charge in [0.1, 0.15) is 5.76 Å². The fourth-order valence-electron chi connectivity index (χ4n) is 2.97. The zero-order valence-electron chi connectivity index (χ0n) is 14.6. The second kappa shape index (κ2) is 6.12. The van der Waals surface area contributed by atoms with Crippen LogP contribution in [0.1, 0.15) is 27.7 Å². The average Bonchev–Trinajstić information content (AvgIpc) is 2.51. The van der Waals surface area contributed by atoms with Crippen LogP contribution in [0.25, 0.3) is 0 Å². The zero-order valence-corrected chi connectivity index (χ0v) is 14.6. The van der Waals surface area contributed by atoms with Crippen molar-refractivity contribution >= 4 is 11.9 Å². The number of ether oxygens (including phenoxy) is 2. The Hall–Kier alpha value is -1.89. The first-order valence-corrected chi connectivity index (χ1v) is 8.30. The average molecular weight is 354 g/mol. The summed E-state index contributed by atoms with van der Waals surface area (Å²) in [6, 6.07) is 0. The second-order valence-electron chi connectivity index (χ2n) is 6.90. The van der Waals surface area contributed by atoms with Crippen molar-refractivity contribution in [3.05, 3.63) is 35.1 Å². The molecular formula is C18H21F3N2O2. The van der Waals surface area contributed by atoms with Gasteiger partial charge in [0, 0.05) is 6.21 Å². The molecule has 1 aliphatic carbocycles. The van der Waals surface area contributed by atoms with Crippen molar-refractivity contribution in [1.29, 1.82) is 0 Å². The molecule has 0 aromatic heterocycles. The van der Waals surface area contributed by atoms with Crippen molar-refractivity contribution < 1.29 is 22.6 Å². The third-order valence-corrected chi connectivity index (χ3v) is 4.25. The highest BCUT2D eigenvalue weighted by Crippen LogP contribution is 2.44. The topological polar surface area (TPSA) is 43.2 Å². The summed E-state index contributed by atoms with van der Waals surface area (Å²) < 4.78 is 52.0. The minimum atomic E-state index is -4.49. The molecule has 136 valence electrons. The number of aliphatic imine (C=N–C) groups is 2. The summed E-state index contributed by atoms with van der Waals surface area (Å²) in [4.78, 5) is 8.78. The van der Waals surface area contributed by atoms with Gasteiger partial charge in [0.05, 0.1) is 35.6 Å². The van der Waals surface area contributed by atoms with Crippen LogP contribution in [-0.2, 0) is 9.47 Å². The number of nitrogens with zero attached hydrogens (tertiary/aromatic N) is 2. The standard InChI is InChI=1S/C18H21F3N2O2/c1-10(2)15-9-22-16-8-12(18(19,20)21)7-13-14(24-11(3)4)5-6-23-17(13,16)25-15/h5-8,10-11,15H,9H2,1-4H3/t15-,17?/m0/s1. The van der Waals surface area contributed by atoms with E-state index in [4.69, 9.17) is 9.47 Å². The van der Waals surface area contributed by atoms with E-state index in [1.807, 2.05) is 27.7 Å². The van der Waals surface area contributed by atoms with Crippen LogP contribution in [0, 0.1) is 5.92 Å². The highest BCUT2D eigenvalue weighted by atomic mass is 19.4. The lowest BCUT2D eigenvalue weighted by Gasteiger charge is -2.43. The molecule has 7 heteroatoms. The van der Waals surface area contributed by atoms with E-state index in [0.29, 0.717) is 12.3 Å². The lowest BCUT2D eigenvalue weighted by molar-refractivity contribution is -0.0897. The minimum Gasteiger partial charge on any atom is -0.490 e. The van der Waals surface area contributed by atoms with Gasteiger partial charge >= 0.3 is 6.18 Å². The molecule has 3 rings (SSSR count). The fraction of sp³-hybridized carbons (Fsp3) is 0.556. The molecule has 0 aromatic carbocycles. The van der Waals surface area contributed by atoms with Crippen molar-refractivity contribution in [2.24, 2.45) is 15.9 Å². The van der Waals surface area contributed by atoms with Gasteiger partial charge in [-0.1, -0.05) is 13.8 Å². The first kappa shape index (κ1) is 17.9. The summed E-state index contributed by atoms with van der Waals surface area (Å²) >= 11 is 0. The molecular weight excluding hydrogens is 333 g/mol. The Kier molecular flexibility index (Phi) is 4.39. The van der Waals surface area contributed by atoms with E-state index in [9.17, 15) is 13.2 Å². The Morgan fingerprint density at radius 1 is 1.24 bits per heavy atom. The normalized spacial score (nSPS) is 28.8. The van der Waals surface area contributed by atoms with Crippen LogP contribution in [0.5, 0.6) is 0 Å². The Morgan fingerprint density at radius 3 is 2.56 bits per heavy atom. The van der Waals surface area contributed by atoms with Crippen molar-refractivity contribution in [3.8, 4) is 0 Å². The van der Waals surface area contributed by atoms with Gasteiger partial charge < -0.3 is 9.47 Å². The number of halogens is 3. The van der Waals surface area contributed by atoms with Gasteiger partial charge in [-0.3, -0.25) is 4.99 Å². The first-order chi connectivity index (χ1) is 11.6. The van der Waals surface area contributed by atoms with Crippen LogP contribution in [-0.4, -0.2) is 42.6 Å². The second-order valence-corrected chi connectivity index (χ2v) is 6.90. The molecule has 0 bridgehead atoms. The summed E-state index contributed by atoms with van der Waals surface area (Å²) in [7, 11) is 0. The van der Waals surface area contributed by atoms with Gasteiger partial charge in [-0.2, -0.15) is 13.2 Å². The number of hydrogen-bond acceptors (Lipinski definition) is 4. The zero-order chi connectivity index (χ0) is 18.4. The molecule has 2 aliphatic heterocycles. The smallest absolute Gasteiger partial charge is 0.416 e. The molecule has 0 saturated heterocycles. The predicted octanol–water partition coefficient (Wildman–Crippen LogP) is 4.00. The number of hydrogen-bond donors (Lipinski definition) is 0. The van der Waals surface area contributed by atoms with E-state index in [-0.39, 0.29) is 29.4 Å². The number of allylic oxidation sites excluding steroid dienone is 3. The Bertz CT molecular complexity index is 714. The van der Waals surface area contributed by atoms with Gasteiger partial charge in [0.15, 0.2) is 0 Å². The molecule has 0 radical (unpaired) electrons. The number of alkyl halides is 3. The molecule has 1 spiro atoms. The van der Waals surface area contributed by atoms with Gasteiger partial charge in [-0.15, -0.1) is 0 Å². The molecule has 0 amide bonds. The molecule has 0 aromatic rings. The lowest BCUT2D eigenvalue weighted by Crippen LogP contribution is -2.52. The monoisotopic (exact) mass is 354 g/mol. The Morgan fingerprint density at radius 2 is 1.96 bits per heavy atom. The third-order valence-electron chi connectivity index (χ3n) is 4.25. The summed E-state index contributed by atoms with van der Waals surface area (Å²) in [5.74, 6) is 0.487. The van der Waals surface area contributed by atoms with E-state index in [1.54, 1.807) is 6.08 Å². The molecule has 25 heavy (non-hydrogen) atoms. The maximum Gasteiger partial charge on any atom is 0.416 e. The Labute approximate surface area is 144 Å². The van der Waals surface area contributed by atoms with E-state index in [0.717, 1.165) is 12.2 Å². The van der Waals surface area contributed by atoms with E-state index in [1.165, 1.54) is 6.21 Å². The SMILES string of the molecule is CC(C)OC1=CC=NC23O[C@H](C(C)C)CN=C2C=C(C(F)(F)F)C=C13. The molecule has 2 heterocycles. The van der Waals surface area contributed by atoms with Crippen LogP contribution in [0.2, 0.25) is 0 Å². The highest BCUT2D eigenvalue weighted by molar-refractivity contribution is 6.09. The summed E-state index contributed by atoms with van der Waals surface area (Å²) in [5, 5.41) is 0. The lowest BCUT2D eigenvalue weighted by atomic mass is 9.84. The number of rotatable bonds is 3. The van der Waals surface area contributed by atoms with Crippen molar-refractivity contribution in [3.63, 3.8) is 0 Å². The van der Waals surface area contributed by atoms with E-state index in [2.05, 4.69) is 9.98 Å². The molecule has 2 atom stereocenters. The van der Waals surface area contributed by atoms with Crippen LogP contribution in [0.3, 0.4) is 0 Å². The maximum atomic E-state index is 13.3. The van der Waals surface area contributed by atoms with Crippen molar-refractivity contribution in [2.45, 2.75) is 51.8 Å². The maximum absolute atomic E-state index is 13.3. The summed E-state index contributed by atoms with van der Waals surface area (Å²) in [5.41, 5.74) is -1.72. The molecule has 3 aliphatic rings. The van der Waals surface area contributed by atoms with Gasteiger partial charge in [-0.05, 0) is 38.0 Å². The quantitative estimate of drug-likeness (QED) is 0.769. The first-order valence-electron chi connectivity index (χ1n) is 8.30. The largest absolute Gasteiger partial charge is 0.490 e. The van der Waals surface area contributed by atoms with Gasteiger partial charge in [0.25, 0.3) is 0 Å². The van der Waals surface area contributed by atoms with Gasteiger partial charge in [0.2, 0.25) is 5.72 Å². The molecule has 0 saturated carbocycles. The van der Waals surface area contributed by atoms with Crippen LogP contribution in [0.15, 0.2) is 45.1 Å². The predicted molar refractivity (Wildman–Crippen MR) is 89.8 cm³/mol. The van der Waals surface area contributed by atoms with Crippen LogP contribution < -0.4 is 0 Å². The van der Waals surface area contributed by atoms with E-state index < -0.39 is 17.5 Å². The van der Waals surface area contributed by atoms with Crippen LogP contribution in [0.4, 0.5) is 13.2 Å². The van der Waals surface area contributed by atoms with Crippen LogP contribution >= 0.6 is 0 Å². The highest BCUT2D eigenvalue weighted by Gasteiger charge is 2.51. The molecule has 4 nitrogen and oxygen atoms in total. The van der Waals surface area contributed by atoms with Gasteiger partial charge in [-0.25, -0.2) is 4.99 Å². The minimum absolute atomic E-state index is 0.157. The third kappa shape index (κ3) is 3.17. The van der Waals surface area contributed by atoms with Crippen molar-refractivity contribution in [1.82, 2.24) is 0 Å².